The number of ether oxygens (including phenoxy) is 3. The SMILES string of the molecule is C[C@H]1[C@H](OC(=O)c2cccnc2)O[C@@H]2O[C@]3(C)CC[C@H]4[C@H](C)CC[C@H]1[C@@]24OO3. The van der Waals surface area contributed by atoms with Gasteiger partial charge in [0.1, 0.15) is 0 Å². The number of hydrogen-bond donors (Lipinski definition) is 0. The minimum atomic E-state index is -0.837. The number of hydrogen-bond acceptors (Lipinski definition) is 7. The quantitative estimate of drug-likeness (QED) is 0.566. The summed E-state index contributed by atoms with van der Waals surface area (Å²) in [6.07, 6.45) is 5.60. The zero-order valence-electron chi connectivity index (χ0n) is 16.5. The van der Waals surface area contributed by atoms with Gasteiger partial charge in [0.2, 0.25) is 12.1 Å². The smallest absolute Gasteiger partial charge is 0.342 e. The zero-order valence-corrected chi connectivity index (χ0v) is 16.5. The molecular formula is C21H27NO6. The van der Waals surface area contributed by atoms with Crippen molar-refractivity contribution in [2.24, 2.45) is 23.7 Å². The molecule has 0 N–H and O–H groups in total. The second-order valence-electron chi connectivity index (χ2n) is 8.92. The van der Waals surface area contributed by atoms with Crippen LogP contribution in [0.25, 0.3) is 0 Å². The first-order valence-electron chi connectivity index (χ1n) is 10.2. The van der Waals surface area contributed by atoms with Crippen LogP contribution in [-0.2, 0) is 24.0 Å². The van der Waals surface area contributed by atoms with Gasteiger partial charge in [0.15, 0.2) is 11.9 Å². The van der Waals surface area contributed by atoms with Crippen LogP contribution in [0.5, 0.6) is 0 Å². The molecule has 152 valence electrons. The standard InChI is InChI=1S/C21H27NO6/c1-12-6-7-16-13(2)18(24-17(23)14-5-4-10-22-11-14)25-19-21(16)15(12)8-9-20(3,26-19)27-28-21/h4-5,10-13,15-16,18-19H,6-9H2,1-3H3/t12-,13-,15+,16-,18-,19-,20+,21-/m1/s1. The highest BCUT2D eigenvalue weighted by molar-refractivity contribution is 5.89. The summed E-state index contributed by atoms with van der Waals surface area (Å²) in [5, 5.41) is 0. The van der Waals surface area contributed by atoms with Gasteiger partial charge in [-0.1, -0.05) is 13.8 Å². The Kier molecular flexibility index (Phi) is 4.28. The predicted molar refractivity (Wildman–Crippen MR) is 96.5 cm³/mol. The number of esters is 1. The van der Waals surface area contributed by atoms with E-state index in [0.717, 1.165) is 25.7 Å². The van der Waals surface area contributed by atoms with E-state index in [1.54, 1.807) is 18.3 Å². The molecule has 2 bridgehead atoms. The highest BCUT2D eigenvalue weighted by atomic mass is 17.3. The normalized spacial score (nSPS) is 47.1. The van der Waals surface area contributed by atoms with Crippen molar-refractivity contribution in [3.05, 3.63) is 30.1 Å². The molecule has 1 saturated carbocycles. The number of carbonyl (C=O) groups excluding carboxylic acids is 1. The van der Waals surface area contributed by atoms with Gasteiger partial charge >= 0.3 is 5.97 Å². The van der Waals surface area contributed by atoms with Crippen LogP contribution in [0.2, 0.25) is 0 Å². The van der Waals surface area contributed by atoms with E-state index in [-0.39, 0.29) is 17.8 Å². The Balaban J connectivity index is 1.46. The number of fused-ring (bicyclic) bond motifs is 2. The Hall–Kier alpha value is -1.54. The minimum Gasteiger partial charge on any atom is -0.432 e. The lowest BCUT2D eigenvalue weighted by Gasteiger charge is -2.59. The molecule has 0 amide bonds. The van der Waals surface area contributed by atoms with Gasteiger partial charge in [-0.2, -0.15) is 0 Å². The second-order valence-corrected chi connectivity index (χ2v) is 8.92. The lowest BCUT2D eigenvalue weighted by atomic mass is 9.58. The van der Waals surface area contributed by atoms with Gasteiger partial charge in [0.25, 0.3) is 0 Å². The summed E-state index contributed by atoms with van der Waals surface area (Å²) in [6.45, 7) is 6.22. The highest BCUT2D eigenvalue weighted by Gasteiger charge is 2.69. The molecule has 4 aliphatic heterocycles. The van der Waals surface area contributed by atoms with Gasteiger partial charge in [-0.25, -0.2) is 14.6 Å². The fourth-order valence-corrected chi connectivity index (χ4v) is 5.66. The third kappa shape index (κ3) is 2.64. The van der Waals surface area contributed by atoms with E-state index in [4.69, 9.17) is 24.0 Å². The monoisotopic (exact) mass is 389 g/mol. The summed E-state index contributed by atoms with van der Waals surface area (Å²) in [7, 11) is 0. The van der Waals surface area contributed by atoms with Crippen molar-refractivity contribution < 1.29 is 28.8 Å². The number of pyridine rings is 1. The first-order valence-corrected chi connectivity index (χ1v) is 10.2. The Bertz CT molecular complexity index is 759. The largest absolute Gasteiger partial charge is 0.432 e. The molecule has 6 rings (SSSR count). The van der Waals surface area contributed by atoms with E-state index in [9.17, 15) is 4.79 Å². The maximum absolute atomic E-state index is 12.6. The average molecular weight is 389 g/mol. The van der Waals surface area contributed by atoms with E-state index in [0.29, 0.717) is 11.5 Å². The molecule has 1 aromatic rings. The fourth-order valence-electron chi connectivity index (χ4n) is 5.66. The highest BCUT2D eigenvalue weighted by Crippen LogP contribution is 2.60. The van der Waals surface area contributed by atoms with Crippen molar-refractivity contribution in [3.8, 4) is 0 Å². The molecule has 0 unspecified atom stereocenters. The van der Waals surface area contributed by atoms with Crippen LogP contribution in [0, 0.1) is 23.7 Å². The summed E-state index contributed by atoms with van der Waals surface area (Å²) in [5.41, 5.74) is -0.242. The molecule has 4 saturated heterocycles. The van der Waals surface area contributed by atoms with Crippen molar-refractivity contribution >= 4 is 5.97 Å². The summed E-state index contributed by atoms with van der Waals surface area (Å²) < 4.78 is 18.3. The van der Waals surface area contributed by atoms with Gasteiger partial charge in [-0.05, 0) is 50.2 Å². The summed E-state index contributed by atoms with van der Waals surface area (Å²) in [4.78, 5) is 28.5. The van der Waals surface area contributed by atoms with Crippen LogP contribution < -0.4 is 0 Å². The molecule has 5 fully saturated rings. The minimum absolute atomic E-state index is 0.0403. The molecule has 0 aromatic carbocycles. The van der Waals surface area contributed by atoms with Gasteiger partial charge in [0, 0.05) is 30.7 Å². The molecule has 7 nitrogen and oxygen atoms in total. The maximum atomic E-state index is 12.6. The molecule has 7 heteroatoms. The van der Waals surface area contributed by atoms with Gasteiger partial charge in [-0.3, -0.25) is 4.98 Å². The van der Waals surface area contributed by atoms with Gasteiger partial charge < -0.3 is 14.2 Å². The lowest BCUT2D eigenvalue weighted by Crippen LogP contribution is -2.70. The topological polar surface area (TPSA) is 76.1 Å². The Morgan fingerprint density at radius 3 is 2.86 bits per heavy atom. The zero-order chi connectivity index (χ0) is 19.5. The molecule has 1 spiro atoms. The average Bonchev–Trinajstić information content (AvgIpc) is 2.92. The summed E-state index contributed by atoms with van der Waals surface area (Å²) in [6, 6.07) is 3.40. The van der Waals surface area contributed by atoms with Crippen LogP contribution in [0.1, 0.15) is 56.8 Å². The van der Waals surface area contributed by atoms with E-state index >= 15 is 0 Å². The molecule has 1 aromatic heterocycles. The van der Waals surface area contributed by atoms with Crippen LogP contribution in [0.3, 0.4) is 0 Å². The maximum Gasteiger partial charge on any atom is 0.342 e. The number of carbonyl (C=O) groups is 1. The van der Waals surface area contributed by atoms with Crippen molar-refractivity contribution in [2.75, 3.05) is 0 Å². The summed E-state index contributed by atoms with van der Waals surface area (Å²) >= 11 is 0. The predicted octanol–water partition coefficient (Wildman–Crippen LogP) is 3.45. The summed E-state index contributed by atoms with van der Waals surface area (Å²) in [5.74, 6) is -0.405. The Morgan fingerprint density at radius 2 is 2.07 bits per heavy atom. The molecule has 8 atom stereocenters. The molecule has 0 radical (unpaired) electrons. The Morgan fingerprint density at radius 1 is 1.21 bits per heavy atom. The van der Waals surface area contributed by atoms with Crippen LogP contribution in [-0.4, -0.2) is 34.9 Å². The van der Waals surface area contributed by atoms with Crippen molar-refractivity contribution in [1.29, 1.82) is 0 Å². The molecule has 5 aliphatic rings. The molecule has 28 heavy (non-hydrogen) atoms. The lowest BCUT2D eigenvalue weighted by molar-refractivity contribution is -0.576. The van der Waals surface area contributed by atoms with Crippen LogP contribution in [0.4, 0.5) is 0 Å². The Labute approximate surface area is 164 Å². The van der Waals surface area contributed by atoms with Gasteiger partial charge in [-0.15, -0.1) is 0 Å². The fraction of sp³-hybridized carbons (Fsp3) is 0.714. The molecule has 5 heterocycles. The van der Waals surface area contributed by atoms with E-state index < -0.39 is 29.9 Å². The second kappa shape index (κ2) is 6.49. The van der Waals surface area contributed by atoms with Gasteiger partial charge in [0.05, 0.1) is 5.56 Å². The van der Waals surface area contributed by atoms with E-state index in [2.05, 4.69) is 18.8 Å². The molecular weight excluding hydrogens is 362 g/mol. The number of nitrogens with zero attached hydrogens (tertiary/aromatic N) is 1. The number of rotatable bonds is 2. The third-order valence-electron chi connectivity index (χ3n) is 7.22. The first-order chi connectivity index (χ1) is 13.4. The van der Waals surface area contributed by atoms with Crippen LogP contribution >= 0.6 is 0 Å². The third-order valence-corrected chi connectivity index (χ3v) is 7.22. The first kappa shape index (κ1) is 18.5. The van der Waals surface area contributed by atoms with Crippen molar-refractivity contribution in [1.82, 2.24) is 4.98 Å². The van der Waals surface area contributed by atoms with Crippen molar-refractivity contribution in [2.45, 2.75) is 70.4 Å². The number of aromatic nitrogens is 1. The van der Waals surface area contributed by atoms with E-state index in [1.165, 1.54) is 6.20 Å². The van der Waals surface area contributed by atoms with E-state index in [1.807, 2.05) is 6.92 Å². The molecule has 1 aliphatic carbocycles. The van der Waals surface area contributed by atoms with Crippen LogP contribution in [0.15, 0.2) is 24.5 Å². The van der Waals surface area contributed by atoms with Crippen molar-refractivity contribution in [3.63, 3.8) is 0 Å².